The van der Waals surface area contributed by atoms with Crippen LogP contribution in [-0.2, 0) is 0 Å². The molecule has 0 N–H and O–H groups in total. The monoisotopic (exact) mass is 275 g/mol. The fraction of sp³-hybridized carbons (Fsp3) is 0.286. The molecule has 0 heteroatoms. The first-order chi connectivity index (χ1) is 10.3. The number of hydrogen-bond donors (Lipinski definition) is 0. The summed E-state index contributed by atoms with van der Waals surface area (Å²) in [5.74, 6) is 2.34. The minimum atomic E-state index is 0.723. The molecule has 3 rings (SSSR count). The third-order valence-electron chi connectivity index (χ3n) is 4.65. The molecule has 2 aromatic carbocycles. The third kappa shape index (κ3) is 3.26. The Kier molecular flexibility index (Phi) is 4.24. The molecule has 0 heterocycles. The average molecular weight is 275 g/mol. The van der Waals surface area contributed by atoms with E-state index in [9.17, 15) is 0 Å². The normalized spacial score (nSPS) is 16.8. The number of benzene rings is 2. The molecule has 0 aromatic heterocycles. The van der Waals surface area contributed by atoms with Crippen LogP contribution < -0.4 is 0 Å². The second-order valence-electron chi connectivity index (χ2n) is 6.12. The largest absolute Gasteiger partial charge is 0.103 e. The van der Waals surface area contributed by atoms with Gasteiger partial charge in [-0.25, -0.2) is 0 Å². The van der Waals surface area contributed by atoms with Gasteiger partial charge in [-0.1, -0.05) is 60.2 Å². The number of allylic oxidation sites excluding steroid dienone is 1. The van der Waals surface area contributed by atoms with Crippen LogP contribution in [-0.4, -0.2) is 0 Å². The highest BCUT2D eigenvalue weighted by atomic mass is 14.2. The molecule has 0 amide bonds. The molecular formula is C21H23. The molecular weight excluding hydrogens is 252 g/mol. The van der Waals surface area contributed by atoms with Crippen LogP contribution >= 0.6 is 0 Å². The van der Waals surface area contributed by atoms with E-state index < -0.39 is 0 Å². The highest BCUT2D eigenvalue weighted by Crippen LogP contribution is 2.35. The summed E-state index contributed by atoms with van der Waals surface area (Å²) in [5.41, 5.74) is 5.34. The molecule has 0 saturated heterocycles. The number of hydrogen-bond acceptors (Lipinski definition) is 0. The lowest BCUT2D eigenvalue weighted by Gasteiger charge is -2.26. The summed E-state index contributed by atoms with van der Waals surface area (Å²) in [4.78, 5) is 0. The van der Waals surface area contributed by atoms with Gasteiger partial charge in [0.25, 0.3) is 0 Å². The van der Waals surface area contributed by atoms with Gasteiger partial charge in [0.1, 0.15) is 0 Å². The van der Waals surface area contributed by atoms with Crippen molar-refractivity contribution in [3.63, 3.8) is 0 Å². The second kappa shape index (κ2) is 6.30. The van der Waals surface area contributed by atoms with Crippen molar-refractivity contribution in [1.29, 1.82) is 0 Å². The Hall–Kier alpha value is -1.82. The Morgan fingerprint density at radius 1 is 0.810 bits per heavy atom. The lowest BCUT2D eigenvalue weighted by atomic mass is 9.78. The Bertz CT molecular complexity index is 581. The maximum absolute atomic E-state index is 3.92. The number of aryl methyl sites for hydroxylation is 1. The van der Waals surface area contributed by atoms with Crippen LogP contribution in [0.5, 0.6) is 0 Å². The summed E-state index contributed by atoms with van der Waals surface area (Å²) in [7, 11) is 0. The lowest BCUT2D eigenvalue weighted by Crippen LogP contribution is -2.12. The van der Waals surface area contributed by atoms with Crippen molar-refractivity contribution in [3.8, 4) is 11.1 Å². The molecule has 0 bridgehead atoms. The molecule has 1 aliphatic carbocycles. The molecule has 1 fully saturated rings. The maximum Gasteiger partial charge on any atom is 0.00502 e. The molecule has 1 radical (unpaired) electrons. The third-order valence-corrected chi connectivity index (χ3v) is 4.65. The van der Waals surface area contributed by atoms with E-state index in [1.165, 1.54) is 47.9 Å². The van der Waals surface area contributed by atoms with Gasteiger partial charge in [-0.2, -0.15) is 0 Å². The van der Waals surface area contributed by atoms with Gasteiger partial charge < -0.3 is 0 Å². The maximum atomic E-state index is 3.92. The summed E-state index contributed by atoms with van der Waals surface area (Å²) >= 11 is 0. The van der Waals surface area contributed by atoms with Crippen LogP contribution in [0.2, 0.25) is 0 Å². The first kappa shape index (κ1) is 14.1. The Morgan fingerprint density at radius 2 is 1.29 bits per heavy atom. The van der Waals surface area contributed by atoms with Crippen molar-refractivity contribution in [1.82, 2.24) is 0 Å². The molecule has 21 heavy (non-hydrogen) atoms. The summed E-state index contributed by atoms with van der Waals surface area (Å²) in [6.07, 6.45) is 7.09. The minimum Gasteiger partial charge on any atom is -0.103 e. The zero-order valence-electron chi connectivity index (χ0n) is 12.8. The summed E-state index contributed by atoms with van der Waals surface area (Å²) < 4.78 is 0. The molecule has 0 nitrogen and oxygen atoms in total. The molecule has 1 saturated carbocycles. The van der Waals surface area contributed by atoms with E-state index >= 15 is 0 Å². The average Bonchev–Trinajstić information content (AvgIpc) is 2.56. The molecule has 0 aliphatic heterocycles. The van der Waals surface area contributed by atoms with Crippen LogP contribution in [0.25, 0.3) is 11.1 Å². The van der Waals surface area contributed by atoms with E-state index in [1.54, 1.807) is 5.92 Å². The predicted octanol–water partition coefficient (Wildman–Crippen LogP) is 5.96. The molecule has 107 valence electrons. The smallest absolute Gasteiger partial charge is 0.00502 e. The van der Waals surface area contributed by atoms with E-state index in [1.807, 2.05) is 0 Å². The van der Waals surface area contributed by atoms with Gasteiger partial charge in [0, 0.05) is 5.92 Å². The summed E-state index contributed by atoms with van der Waals surface area (Å²) in [5, 5.41) is 0. The Morgan fingerprint density at radius 3 is 1.81 bits per heavy atom. The van der Waals surface area contributed by atoms with Crippen LogP contribution in [0.4, 0.5) is 0 Å². The van der Waals surface area contributed by atoms with E-state index in [0.29, 0.717) is 0 Å². The second-order valence-corrected chi connectivity index (χ2v) is 6.12. The van der Waals surface area contributed by atoms with Crippen LogP contribution in [0.3, 0.4) is 0 Å². The fourth-order valence-corrected chi connectivity index (χ4v) is 3.16. The zero-order valence-corrected chi connectivity index (χ0v) is 12.8. The van der Waals surface area contributed by atoms with Gasteiger partial charge in [0.05, 0.1) is 0 Å². The van der Waals surface area contributed by atoms with Gasteiger partial charge in [0.2, 0.25) is 0 Å². The van der Waals surface area contributed by atoms with Gasteiger partial charge in [0.15, 0.2) is 0 Å². The molecule has 0 spiro atoms. The molecule has 1 aliphatic rings. The number of rotatable bonds is 3. The first-order valence-electron chi connectivity index (χ1n) is 7.91. The molecule has 2 aromatic rings. The highest BCUT2D eigenvalue weighted by Gasteiger charge is 2.20. The quantitative estimate of drug-likeness (QED) is 0.606. The SMILES string of the molecule is C=CC1CC[C](c2ccc(-c3ccc(C)cc3)cc2)CC1. The van der Waals surface area contributed by atoms with Crippen molar-refractivity contribution < 1.29 is 0 Å². The van der Waals surface area contributed by atoms with Crippen LogP contribution in [0.1, 0.15) is 36.8 Å². The summed E-state index contributed by atoms with van der Waals surface area (Å²) in [6.45, 7) is 6.05. The van der Waals surface area contributed by atoms with Crippen molar-refractivity contribution in [3.05, 3.63) is 78.2 Å². The minimum absolute atomic E-state index is 0.723. The van der Waals surface area contributed by atoms with Crippen molar-refractivity contribution >= 4 is 0 Å². The Balaban J connectivity index is 1.72. The van der Waals surface area contributed by atoms with E-state index in [0.717, 1.165) is 5.92 Å². The van der Waals surface area contributed by atoms with Gasteiger partial charge in [-0.05, 0) is 55.2 Å². The topological polar surface area (TPSA) is 0 Å². The molecule has 0 unspecified atom stereocenters. The standard InChI is InChI=1S/C21H23/c1-3-17-6-10-19(11-7-17)21-14-12-20(13-15-21)18-8-4-16(2)5-9-18/h3-5,8-9,12-15,17H,1,6-7,10-11H2,2H3. The molecule has 0 atom stereocenters. The lowest BCUT2D eigenvalue weighted by molar-refractivity contribution is 0.456. The van der Waals surface area contributed by atoms with Crippen LogP contribution in [0, 0.1) is 18.8 Å². The zero-order chi connectivity index (χ0) is 14.7. The van der Waals surface area contributed by atoms with E-state index in [-0.39, 0.29) is 0 Å². The predicted molar refractivity (Wildman–Crippen MR) is 91.1 cm³/mol. The van der Waals surface area contributed by atoms with Crippen molar-refractivity contribution in [2.75, 3.05) is 0 Å². The van der Waals surface area contributed by atoms with Gasteiger partial charge in [-0.3, -0.25) is 0 Å². The van der Waals surface area contributed by atoms with Crippen molar-refractivity contribution in [2.24, 2.45) is 5.92 Å². The van der Waals surface area contributed by atoms with E-state index in [4.69, 9.17) is 0 Å². The summed E-state index contributed by atoms with van der Waals surface area (Å²) in [6, 6.07) is 17.8. The van der Waals surface area contributed by atoms with Crippen LogP contribution in [0.15, 0.2) is 61.2 Å². The van der Waals surface area contributed by atoms with Gasteiger partial charge in [-0.15, -0.1) is 6.58 Å². The van der Waals surface area contributed by atoms with E-state index in [2.05, 4.69) is 68.1 Å². The Labute approximate surface area is 128 Å². The van der Waals surface area contributed by atoms with Gasteiger partial charge >= 0.3 is 0 Å². The first-order valence-corrected chi connectivity index (χ1v) is 7.91. The fourth-order valence-electron chi connectivity index (χ4n) is 3.16. The highest BCUT2D eigenvalue weighted by molar-refractivity contribution is 5.64. The van der Waals surface area contributed by atoms with Crippen molar-refractivity contribution in [2.45, 2.75) is 32.6 Å².